The Kier molecular flexibility index (Phi) is 9.01. The van der Waals surface area contributed by atoms with Gasteiger partial charge in [0.2, 0.25) is 0 Å². The molecule has 3 heteroatoms. The Hall–Kier alpha value is 0.518. The number of hydrogen-bond donors (Lipinski definition) is 0. The zero-order valence-corrected chi connectivity index (χ0v) is 6.57. The molecule has 0 saturated carbocycles. The molecule has 0 amide bonds. The fraction of sp³-hybridized carbons (Fsp3) is 0.667. The van der Waals surface area contributed by atoms with Crippen LogP contribution >= 0.6 is 0 Å². The quantitative estimate of drug-likeness (QED) is 0.450. The molecule has 0 spiro atoms. The van der Waals surface area contributed by atoms with E-state index in [4.69, 9.17) is 12.6 Å². The second-order valence-electron chi connectivity index (χ2n) is 1.70. The Morgan fingerprint density at radius 1 is 1.56 bits per heavy atom. The standard InChI is InChI=1S/C6H11BO.Ni/c1-4-5(2)8-6(3)7;/h5-6H,2-4H2,1H3;/q-2;+2. The molecule has 0 N–H and O–H groups in total. The van der Waals surface area contributed by atoms with Crippen LogP contribution < -0.4 is 0 Å². The zero-order chi connectivity index (χ0) is 6.57. The van der Waals surface area contributed by atoms with Crippen LogP contribution in [-0.4, -0.2) is 20.0 Å². The van der Waals surface area contributed by atoms with E-state index in [1.807, 2.05) is 6.92 Å². The van der Waals surface area contributed by atoms with Gasteiger partial charge in [-0.05, 0) is 0 Å². The van der Waals surface area contributed by atoms with E-state index in [1.54, 1.807) is 0 Å². The van der Waals surface area contributed by atoms with Crippen LogP contribution in [0, 0.1) is 13.8 Å². The van der Waals surface area contributed by atoms with Crippen molar-refractivity contribution >= 4 is 7.85 Å². The van der Waals surface area contributed by atoms with Crippen LogP contribution in [0.25, 0.3) is 0 Å². The summed E-state index contributed by atoms with van der Waals surface area (Å²) in [5, 5.41) is 0. The van der Waals surface area contributed by atoms with Crippen molar-refractivity contribution in [3.05, 3.63) is 13.8 Å². The molecule has 1 nitrogen and oxygen atoms in total. The van der Waals surface area contributed by atoms with Crippen molar-refractivity contribution in [2.24, 2.45) is 0 Å². The van der Waals surface area contributed by atoms with E-state index in [0.717, 1.165) is 6.42 Å². The predicted octanol–water partition coefficient (Wildman–Crippen LogP) is 0.942. The second-order valence-corrected chi connectivity index (χ2v) is 1.70. The van der Waals surface area contributed by atoms with Crippen molar-refractivity contribution in [1.82, 2.24) is 0 Å². The van der Waals surface area contributed by atoms with E-state index in [-0.39, 0.29) is 22.6 Å². The number of ether oxygens (including phenoxy) is 1. The normalized spacial score (nSPS) is 15.9. The molecule has 0 heterocycles. The summed E-state index contributed by atoms with van der Waals surface area (Å²) in [4.78, 5) is 0. The minimum Gasteiger partial charge on any atom is -0.448 e. The van der Waals surface area contributed by atoms with Crippen LogP contribution in [0.3, 0.4) is 0 Å². The van der Waals surface area contributed by atoms with E-state index in [0.29, 0.717) is 0 Å². The van der Waals surface area contributed by atoms with Gasteiger partial charge in [0.15, 0.2) is 0 Å². The van der Waals surface area contributed by atoms with Crippen molar-refractivity contribution in [2.75, 3.05) is 0 Å². The van der Waals surface area contributed by atoms with Crippen molar-refractivity contribution in [1.29, 1.82) is 0 Å². The molecule has 0 bridgehead atoms. The topological polar surface area (TPSA) is 9.23 Å². The third kappa shape index (κ3) is 8.52. The molecule has 0 aliphatic heterocycles. The zero-order valence-electron chi connectivity index (χ0n) is 5.58. The monoisotopic (exact) mass is 168 g/mol. The van der Waals surface area contributed by atoms with Crippen LogP contribution in [-0.2, 0) is 21.2 Å². The van der Waals surface area contributed by atoms with Gasteiger partial charge in [0.25, 0.3) is 0 Å². The van der Waals surface area contributed by atoms with Gasteiger partial charge in [0.05, 0.1) is 7.85 Å². The first-order valence-corrected chi connectivity index (χ1v) is 2.74. The molecule has 0 aromatic rings. The third-order valence-electron chi connectivity index (χ3n) is 0.823. The van der Waals surface area contributed by atoms with Crippen molar-refractivity contribution < 1.29 is 21.2 Å². The summed E-state index contributed by atoms with van der Waals surface area (Å²) in [5.41, 5.74) is 0. The van der Waals surface area contributed by atoms with Gasteiger partial charge in [0, 0.05) is 0 Å². The molecule has 2 radical (unpaired) electrons. The van der Waals surface area contributed by atoms with Gasteiger partial charge in [-0.25, -0.2) is 0 Å². The Bertz CT molecular complexity index is 59.0. The molecule has 0 aliphatic rings. The summed E-state index contributed by atoms with van der Waals surface area (Å²) >= 11 is 0. The summed E-state index contributed by atoms with van der Waals surface area (Å²) in [7, 11) is 5.20. The minimum atomic E-state index is -0.433. The first-order chi connectivity index (χ1) is 3.66. The van der Waals surface area contributed by atoms with E-state index in [2.05, 4.69) is 13.8 Å². The Labute approximate surface area is 68.9 Å². The maximum atomic E-state index is 5.20. The van der Waals surface area contributed by atoms with Gasteiger partial charge < -0.3 is 18.6 Å². The van der Waals surface area contributed by atoms with Gasteiger partial charge in [-0.2, -0.15) is 0 Å². The van der Waals surface area contributed by atoms with Crippen molar-refractivity contribution in [3.8, 4) is 0 Å². The van der Waals surface area contributed by atoms with E-state index < -0.39 is 6.00 Å². The number of hydrogen-bond acceptors (Lipinski definition) is 1. The van der Waals surface area contributed by atoms with Crippen LogP contribution in [0.15, 0.2) is 0 Å². The Balaban J connectivity index is 0. The van der Waals surface area contributed by atoms with E-state index in [9.17, 15) is 0 Å². The van der Waals surface area contributed by atoms with Gasteiger partial charge >= 0.3 is 16.5 Å². The smallest absolute Gasteiger partial charge is 0.448 e. The largest absolute Gasteiger partial charge is 2.00 e. The average molecular weight is 169 g/mol. The summed E-state index contributed by atoms with van der Waals surface area (Å²) in [5.74, 6) is 0. The van der Waals surface area contributed by atoms with Gasteiger partial charge in [-0.15, -0.1) is 6.00 Å². The Morgan fingerprint density at radius 3 is 2.11 bits per heavy atom. The molecule has 0 aliphatic carbocycles. The van der Waals surface area contributed by atoms with Gasteiger partial charge in [-0.3, -0.25) is 0 Å². The summed E-state index contributed by atoms with van der Waals surface area (Å²) < 4.78 is 4.95. The average Bonchev–Trinajstić information content (AvgIpc) is 1.65. The maximum Gasteiger partial charge on any atom is 2.00 e. The van der Waals surface area contributed by atoms with Crippen molar-refractivity contribution in [2.45, 2.75) is 25.5 Å². The summed E-state index contributed by atoms with van der Waals surface area (Å²) in [6.07, 6.45) is 0.867. The molecule has 0 aromatic heterocycles. The first-order valence-electron chi connectivity index (χ1n) is 2.74. The third-order valence-corrected chi connectivity index (χ3v) is 0.823. The minimum absolute atomic E-state index is 0. The second kappa shape index (κ2) is 6.64. The fourth-order valence-electron chi connectivity index (χ4n) is 0.343. The van der Waals surface area contributed by atoms with Crippen LogP contribution in [0.5, 0.6) is 0 Å². The van der Waals surface area contributed by atoms with Crippen molar-refractivity contribution in [3.63, 3.8) is 0 Å². The molecule has 2 unspecified atom stereocenters. The van der Waals surface area contributed by atoms with E-state index in [1.165, 1.54) is 0 Å². The fourth-order valence-corrected chi connectivity index (χ4v) is 0.343. The predicted molar refractivity (Wildman–Crippen MR) is 35.4 cm³/mol. The van der Waals surface area contributed by atoms with Gasteiger partial charge in [-0.1, -0.05) is 19.4 Å². The molecule has 0 fully saturated rings. The molecule has 0 aromatic carbocycles. The molecule has 0 rings (SSSR count). The summed E-state index contributed by atoms with van der Waals surface area (Å²) in [6, 6.07) is -0.433. The van der Waals surface area contributed by atoms with E-state index >= 15 is 0 Å². The SMILES string of the molecule is [B]C([CH2-])OC([CH2-])CC.[Ni+2]. The molecule has 9 heavy (non-hydrogen) atoms. The maximum absolute atomic E-state index is 5.20. The van der Waals surface area contributed by atoms with Gasteiger partial charge in [0.1, 0.15) is 0 Å². The van der Waals surface area contributed by atoms with Crippen LogP contribution in [0.4, 0.5) is 0 Å². The summed E-state index contributed by atoms with van der Waals surface area (Å²) in [6.45, 7) is 9.08. The molecular formula is C6H11BNiO. The molecule has 2 atom stereocenters. The molecular weight excluding hydrogens is 158 g/mol. The molecule has 0 saturated heterocycles. The first kappa shape index (κ1) is 12.2. The molecule has 54 valence electrons. The van der Waals surface area contributed by atoms with Crippen LogP contribution in [0.1, 0.15) is 13.3 Å². The number of rotatable bonds is 3. The van der Waals surface area contributed by atoms with Crippen LogP contribution in [0.2, 0.25) is 0 Å². The Morgan fingerprint density at radius 2 is 2.00 bits per heavy atom.